The van der Waals surface area contributed by atoms with Crippen LogP contribution >= 0.6 is 0 Å². The van der Waals surface area contributed by atoms with Crippen LogP contribution in [0.15, 0.2) is 46.3 Å². The van der Waals surface area contributed by atoms with Gasteiger partial charge in [-0.2, -0.15) is 10.2 Å². The number of nitrogens with zero attached hydrogens (tertiary/aromatic N) is 4. The number of aryl methyl sites for hydroxylation is 1. The zero-order valence-corrected chi connectivity index (χ0v) is 19.5. The van der Waals surface area contributed by atoms with Crippen molar-refractivity contribution in [3.05, 3.63) is 41.6 Å². The highest BCUT2D eigenvalue weighted by Crippen LogP contribution is 2.32. The van der Waals surface area contributed by atoms with Crippen molar-refractivity contribution in [1.82, 2.24) is 15.1 Å². The highest BCUT2D eigenvalue weighted by molar-refractivity contribution is 5.76. The second kappa shape index (κ2) is 11.1. The summed E-state index contributed by atoms with van der Waals surface area (Å²) >= 11 is 0. The van der Waals surface area contributed by atoms with Crippen molar-refractivity contribution >= 4 is 11.9 Å². The van der Waals surface area contributed by atoms with Gasteiger partial charge in [0, 0.05) is 39.1 Å². The molecule has 4 rings (SSSR count). The summed E-state index contributed by atoms with van der Waals surface area (Å²) < 4.78 is 40.7. The normalized spacial score (nSPS) is 22.0. The van der Waals surface area contributed by atoms with Crippen molar-refractivity contribution in [2.75, 3.05) is 39.3 Å². The number of amides is 3. The minimum atomic E-state index is -4.72. The largest absolute Gasteiger partial charge is 0.573 e. The van der Waals surface area contributed by atoms with E-state index in [1.807, 2.05) is 9.80 Å². The molecule has 2 saturated heterocycles. The lowest BCUT2D eigenvalue weighted by atomic mass is 9.92. The van der Waals surface area contributed by atoms with Crippen LogP contribution < -0.4 is 10.1 Å². The highest BCUT2D eigenvalue weighted by Gasteiger charge is 2.37. The second-order valence-electron chi connectivity index (χ2n) is 9.26. The van der Waals surface area contributed by atoms with Gasteiger partial charge in [-0.15, -0.1) is 13.2 Å². The van der Waals surface area contributed by atoms with Crippen LogP contribution in [0, 0.1) is 11.8 Å². The molecular weight excluding hydrogens is 463 g/mol. The fourth-order valence-electron chi connectivity index (χ4n) is 4.91. The molecule has 0 saturated carbocycles. The first kappa shape index (κ1) is 25.0. The summed E-state index contributed by atoms with van der Waals surface area (Å²) in [5.74, 6) is 0.548. The molecular formula is C24H30F3N5O3. The Bertz CT molecular complexity index is 948. The molecule has 3 heterocycles. The average Bonchev–Trinajstić information content (AvgIpc) is 3.43. The predicted molar refractivity (Wildman–Crippen MR) is 122 cm³/mol. The van der Waals surface area contributed by atoms with Crippen LogP contribution in [-0.4, -0.2) is 67.4 Å². The van der Waals surface area contributed by atoms with Crippen LogP contribution in [0.3, 0.4) is 0 Å². The Balaban J connectivity index is 1.17. The molecule has 0 unspecified atom stereocenters. The molecule has 0 spiro atoms. The van der Waals surface area contributed by atoms with E-state index in [0.29, 0.717) is 63.9 Å². The minimum absolute atomic E-state index is 0.0369. The standard InChI is InChI=1S/C24H30F3N5O3/c25-24(26,27)35-21-4-1-17(2-5-21)3-6-22(33)31-11-8-19-15-32(16-20(19)9-12-31)23(34)28-10-7-18-13-29-30-14-18/h1-2,4-5,13,19-20H,3,6-12,14-16H2,(H,28,34)/t19-,20+. The third-order valence-corrected chi connectivity index (χ3v) is 6.86. The van der Waals surface area contributed by atoms with E-state index in [9.17, 15) is 22.8 Å². The molecule has 1 N–H and O–H groups in total. The van der Waals surface area contributed by atoms with Crippen LogP contribution in [-0.2, 0) is 11.2 Å². The molecule has 2 fully saturated rings. The molecule has 2 atom stereocenters. The number of carbonyl (C=O) groups is 2. The van der Waals surface area contributed by atoms with Crippen LogP contribution in [0.2, 0.25) is 0 Å². The third-order valence-electron chi connectivity index (χ3n) is 6.86. The smallest absolute Gasteiger partial charge is 0.406 e. The number of hydrogen-bond acceptors (Lipinski definition) is 5. The number of rotatable bonds is 7. The number of urea groups is 1. The number of benzene rings is 1. The van der Waals surface area contributed by atoms with E-state index >= 15 is 0 Å². The predicted octanol–water partition coefficient (Wildman–Crippen LogP) is 4.14. The number of ether oxygens (including phenoxy) is 1. The molecule has 11 heteroatoms. The fraction of sp³-hybridized carbons (Fsp3) is 0.583. The maximum absolute atomic E-state index is 12.8. The molecule has 190 valence electrons. The van der Waals surface area contributed by atoms with Gasteiger partial charge in [0.15, 0.2) is 0 Å². The molecule has 35 heavy (non-hydrogen) atoms. The van der Waals surface area contributed by atoms with Crippen LogP contribution in [0.1, 0.15) is 31.2 Å². The minimum Gasteiger partial charge on any atom is -0.406 e. The van der Waals surface area contributed by atoms with Gasteiger partial charge in [-0.3, -0.25) is 4.79 Å². The number of nitrogens with one attached hydrogen (secondary N) is 1. The van der Waals surface area contributed by atoms with Crippen molar-refractivity contribution in [3.63, 3.8) is 0 Å². The van der Waals surface area contributed by atoms with Crippen molar-refractivity contribution < 1.29 is 27.5 Å². The summed E-state index contributed by atoms with van der Waals surface area (Å²) in [5.41, 5.74) is 1.91. The topological polar surface area (TPSA) is 86.6 Å². The van der Waals surface area contributed by atoms with Crippen LogP contribution in [0.5, 0.6) is 5.75 Å². The molecule has 3 aliphatic rings. The van der Waals surface area contributed by atoms with Gasteiger partial charge in [-0.05, 0) is 60.8 Å². The summed E-state index contributed by atoms with van der Waals surface area (Å²) in [5, 5.41) is 10.7. The van der Waals surface area contributed by atoms with Crippen LogP contribution in [0.4, 0.5) is 18.0 Å². The third kappa shape index (κ3) is 7.19. The average molecular weight is 494 g/mol. The van der Waals surface area contributed by atoms with E-state index < -0.39 is 6.36 Å². The van der Waals surface area contributed by atoms with E-state index in [0.717, 1.165) is 30.4 Å². The van der Waals surface area contributed by atoms with Gasteiger partial charge in [0.1, 0.15) is 5.75 Å². The van der Waals surface area contributed by atoms with Gasteiger partial charge in [0.25, 0.3) is 0 Å². The second-order valence-corrected chi connectivity index (χ2v) is 9.26. The molecule has 0 aromatic heterocycles. The maximum Gasteiger partial charge on any atom is 0.573 e. The van der Waals surface area contributed by atoms with E-state index in [1.54, 1.807) is 18.3 Å². The zero-order chi connectivity index (χ0) is 24.8. The lowest BCUT2D eigenvalue weighted by molar-refractivity contribution is -0.274. The monoisotopic (exact) mass is 493 g/mol. The van der Waals surface area contributed by atoms with Gasteiger partial charge in [0.2, 0.25) is 5.91 Å². The number of halogens is 3. The molecule has 0 aliphatic carbocycles. The highest BCUT2D eigenvalue weighted by atomic mass is 19.4. The Hall–Kier alpha value is -3.11. The first-order valence-corrected chi connectivity index (χ1v) is 12.0. The number of fused-ring (bicyclic) bond motifs is 1. The summed E-state index contributed by atoms with van der Waals surface area (Å²) in [4.78, 5) is 29.1. The van der Waals surface area contributed by atoms with E-state index in [-0.39, 0.29) is 17.7 Å². The quantitative estimate of drug-likeness (QED) is 0.620. The number of azo groups is 1. The fourth-order valence-corrected chi connectivity index (χ4v) is 4.91. The lowest BCUT2D eigenvalue weighted by Crippen LogP contribution is -2.40. The van der Waals surface area contributed by atoms with Gasteiger partial charge in [-0.1, -0.05) is 12.1 Å². The van der Waals surface area contributed by atoms with Crippen molar-refractivity contribution in [1.29, 1.82) is 0 Å². The SMILES string of the molecule is O=C(CCc1ccc(OC(F)(F)F)cc1)N1CC[C@@H]2CN(C(=O)NCCC3=CN=NC3)C[C@@H]2CC1. The molecule has 1 aromatic rings. The Morgan fingerprint density at radius 1 is 1.03 bits per heavy atom. The van der Waals surface area contributed by atoms with E-state index in [1.165, 1.54) is 12.1 Å². The maximum atomic E-state index is 12.8. The number of likely N-dealkylation sites (tertiary alicyclic amines) is 2. The first-order chi connectivity index (χ1) is 16.8. The molecule has 1 aromatic carbocycles. The van der Waals surface area contributed by atoms with Gasteiger partial charge < -0.3 is 19.9 Å². The van der Waals surface area contributed by atoms with E-state index in [2.05, 4.69) is 20.3 Å². The van der Waals surface area contributed by atoms with Crippen LogP contribution in [0.25, 0.3) is 0 Å². The first-order valence-electron chi connectivity index (χ1n) is 12.0. The summed E-state index contributed by atoms with van der Waals surface area (Å²) in [6.07, 6.45) is 0.267. The van der Waals surface area contributed by atoms with Crippen molar-refractivity contribution in [2.24, 2.45) is 22.1 Å². The number of hydrogen-bond donors (Lipinski definition) is 1. The Kier molecular flexibility index (Phi) is 7.92. The van der Waals surface area contributed by atoms with Gasteiger partial charge >= 0.3 is 12.4 Å². The zero-order valence-electron chi connectivity index (χ0n) is 19.5. The summed E-state index contributed by atoms with van der Waals surface area (Å²) in [6.45, 7) is 3.92. The Morgan fingerprint density at radius 2 is 1.71 bits per heavy atom. The van der Waals surface area contributed by atoms with Gasteiger partial charge in [0.05, 0.1) is 12.7 Å². The van der Waals surface area contributed by atoms with Gasteiger partial charge in [-0.25, -0.2) is 4.79 Å². The molecule has 0 bridgehead atoms. The Morgan fingerprint density at radius 3 is 2.31 bits per heavy atom. The van der Waals surface area contributed by atoms with Crippen molar-refractivity contribution in [2.45, 2.75) is 38.5 Å². The summed E-state index contributed by atoms with van der Waals surface area (Å²) in [7, 11) is 0. The number of alkyl halides is 3. The number of carbonyl (C=O) groups excluding carboxylic acids is 2. The molecule has 3 amide bonds. The lowest BCUT2D eigenvalue weighted by Gasteiger charge is -2.22. The molecule has 0 radical (unpaired) electrons. The molecule has 8 nitrogen and oxygen atoms in total. The van der Waals surface area contributed by atoms with E-state index in [4.69, 9.17) is 0 Å². The molecule has 3 aliphatic heterocycles. The van der Waals surface area contributed by atoms with Crippen molar-refractivity contribution in [3.8, 4) is 5.75 Å². The Labute approximate surface area is 202 Å². The summed E-state index contributed by atoms with van der Waals surface area (Å²) in [6, 6.07) is 5.59.